The third kappa shape index (κ3) is 3.95. The highest BCUT2D eigenvalue weighted by molar-refractivity contribution is 5.49. The fourth-order valence-corrected chi connectivity index (χ4v) is 2.80. The number of nitrogens with zero attached hydrogens (tertiary/aromatic N) is 1. The molecule has 0 unspecified atom stereocenters. The van der Waals surface area contributed by atoms with Crippen molar-refractivity contribution in [3.63, 3.8) is 0 Å². The van der Waals surface area contributed by atoms with Crippen LogP contribution in [0.5, 0.6) is 0 Å². The molecule has 1 fully saturated rings. The van der Waals surface area contributed by atoms with Crippen molar-refractivity contribution >= 4 is 5.69 Å². The highest BCUT2D eigenvalue weighted by Crippen LogP contribution is 2.26. The predicted octanol–water partition coefficient (Wildman–Crippen LogP) is 4.27. The summed E-state index contributed by atoms with van der Waals surface area (Å²) in [5.74, 6) is -0.0754. The summed E-state index contributed by atoms with van der Waals surface area (Å²) in [7, 11) is 0. The van der Waals surface area contributed by atoms with E-state index in [9.17, 15) is 4.39 Å². The molecule has 0 spiro atoms. The SMILES string of the molecule is CCCCN[C@H](C)c1ccc(N2CCCCC2)c(F)c1. The van der Waals surface area contributed by atoms with Gasteiger partial charge in [-0.15, -0.1) is 0 Å². The van der Waals surface area contributed by atoms with E-state index in [-0.39, 0.29) is 11.9 Å². The Morgan fingerprint density at radius 3 is 2.65 bits per heavy atom. The lowest BCUT2D eigenvalue weighted by Crippen LogP contribution is -2.30. The van der Waals surface area contributed by atoms with Gasteiger partial charge in [-0.1, -0.05) is 19.4 Å². The Labute approximate surface area is 122 Å². The number of rotatable bonds is 6. The van der Waals surface area contributed by atoms with Crippen molar-refractivity contribution in [3.8, 4) is 0 Å². The van der Waals surface area contributed by atoms with Gasteiger partial charge in [-0.2, -0.15) is 0 Å². The average molecular weight is 278 g/mol. The molecule has 0 aromatic heterocycles. The molecule has 1 aromatic carbocycles. The van der Waals surface area contributed by atoms with Gasteiger partial charge >= 0.3 is 0 Å². The summed E-state index contributed by atoms with van der Waals surface area (Å²) in [6.07, 6.45) is 5.97. The van der Waals surface area contributed by atoms with Crippen LogP contribution in [0.15, 0.2) is 18.2 Å². The first-order valence-corrected chi connectivity index (χ1v) is 8.00. The number of piperidine rings is 1. The molecule has 1 aliphatic heterocycles. The van der Waals surface area contributed by atoms with Crippen LogP contribution < -0.4 is 10.2 Å². The number of nitrogens with one attached hydrogen (secondary N) is 1. The Morgan fingerprint density at radius 1 is 1.25 bits per heavy atom. The van der Waals surface area contributed by atoms with Crippen molar-refractivity contribution in [2.75, 3.05) is 24.5 Å². The molecule has 1 saturated heterocycles. The third-order valence-corrected chi connectivity index (χ3v) is 4.15. The van der Waals surface area contributed by atoms with Crippen LogP contribution >= 0.6 is 0 Å². The van der Waals surface area contributed by atoms with E-state index in [1.165, 1.54) is 32.1 Å². The zero-order chi connectivity index (χ0) is 14.4. The first-order chi connectivity index (χ1) is 9.72. The molecule has 1 aromatic rings. The Morgan fingerprint density at radius 2 is 2.00 bits per heavy atom. The molecule has 0 amide bonds. The van der Waals surface area contributed by atoms with Gasteiger partial charge in [0.05, 0.1) is 5.69 Å². The standard InChI is InChI=1S/C17H27FN2/c1-3-4-10-19-14(2)15-8-9-17(16(18)13-15)20-11-6-5-7-12-20/h8-9,13-14,19H,3-7,10-12H2,1-2H3/t14-/m1/s1. The van der Waals surface area contributed by atoms with Crippen molar-refractivity contribution in [3.05, 3.63) is 29.6 Å². The fourth-order valence-electron chi connectivity index (χ4n) is 2.80. The number of hydrogen-bond acceptors (Lipinski definition) is 2. The van der Waals surface area contributed by atoms with Crippen LogP contribution in [0.25, 0.3) is 0 Å². The van der Waals surface area contributed by atoms with E-state index >= 15 is 0 Å². The summed E-state index contributed by atoms with van der Waals surface area (Å²) >= 11 is 0. The number of anilines is 1. The van der Waals surface area contributed by atoms with Gasteiger partial charge in [0.25, 0.3) is 0 Å². The summed E-state index contributed by atoms with van der Waals surface area (Å²) in [5.41, 5.74) is 1.81. The zero-order valence-electron chi connectivity index (χ0n) is 12.8. The van der Waals surface area contributed by atoms with Crippen LogP contribution in [0.3, 0.4) is 0 Å². The van der Waals surface area contributed by atoms with Gasteiger partial charge in [-0.05, 0) is 56.8 Å². The maximum absolute atomic E-state index is 14.3. The predicted molar refractivity (Wildman–Crippen MR) is 83.8 cm³/mol. The van der Waals surface area contributed by atoms with Gasteiger partial charge in [-0.25, -0.2) is 4.39 Å². The molecule has 1 heterocycles. The molecule has 1 N–H and O–H groups in total. The second-order valence-electron chi connectivity index (χ2n) is 5.79. The van der Waals surface area contributed by atoms with Crippen LogP contribution in [0.1, 0.15) is 57.6 Å². The quantitative estimate of drug-likeness (QED) is 0.782. The molecule has 112 valence electrons. The number of unbranched alkanes of at least 4 members (excludes halogenated alkanes) is 1. The van der Waals surface area contributed by atoms with Crippen LogP contribution in [0, 0.1) is 5.82 Å². The lowest BCUT2D eigenvalue weighted by molar-refractivity contribution is 0.541. The first-order valence-electron chi connectivity index (χ1n) is 8.00. The molecule has 2 rings (SSSR count). The molecular weight excluding hydrogens is 251 g/mol. The maximum atomic E-state index is 14.3. The van der Waals surface area contributed by atoms with E-state index in [2.05, 4.69) is 30.1 Å². The summed E-state index contributed by atoms with van der Waals surface area (Å²) in [5, 5.41) is 3.45. The summed E-state index contributed by atoms with van der Waals surface area (Å²) in [6.45, 7) is 7.25. The first kappa shape index (κ1) is 15.3. The lowest BCUT2D eigenvalue weighted by atomic mass is 10.1. The number of halogens is 1. The molecule has 0 radical (unpaired) electrons. The fraction of sp³-hybridized carbons (Fsp3) is 0.647. The van der Waals surface area contributed by atoms with E-state index in [0.29, 0.717) is 0 Å². The summed E-state index contributed by atoms with van der Waals surface area (Å²) in [6, 6.07) is 5.93. The molecule has 0 saturated carbocycles. The van der Waals surface area contributed by atoms with Crippen molar-refractivity contribution in [1.82, 2.24) is 5.32 Å². The van der Waals surface area contributed by atoms with Gasteiger partial charge in [0.15, 0.2) is 0 Å². The molecule has 0 bridgehead atoms. The minimum Gasteiger partial charge on any atom is -0.369 e. The Balaban J connectivity index is 2.01. The van der Waals surface area contributed by atoms with Crippen molar-refractivity contribution in [1.29, 1.82) is 0 Å². The van der Waals surface area contributed by atoms with Crippen molar-refractivity contribution < 1.29 is 4.39 Å². The van der Waals surface area contributed by atoms with Crippen LogP contribution in [0.2, 0.25) is 0 Å². The molecule has 0 aliphatic carbocycles. The highest BCUT2D eigenvalue weighted by Gasteiger charge is 2.16. The van der Waals surface area contributed by atoms with Gasteiger partial charge in [0.2, 0.25) is 0 Å². The van der Waals surface area contributed by atoms with Crippen LogP contribution in [-0.2, 0) is 0 Å². The van der Waals surface area contributed by atoms with Crippen molar-refractivity contribution in [2.45, 2.75) is 52.0 Å². The molecule has 1 aliphatic rings. The average Bonchev–Trinajstić information content (AvgIpc) is 2.48. The van der Waals surface area contributed by atoms with E-state index in [1.807, 2.05) is 6.07 Å². The summed E-state index contributed by atoms with van der Waals surface area (Å²) < 4.78 is 14.3. The number of benzene rings is 1. The minimum atomic E-state index is -0.0754. The maximum Gasteiger partial charge on any atom is 0.146 e. The zero-order valence-corrected chi connectivity index (χ0v) is 12.8. The second kappa shape index (κ2) is 7.63. The molecule has 20 heavy (non-hydrogen) atoms. The molecule has 1 atom stereocenters. The Hall–Kier alpha value is -1.09. The van der Waals surface area contributed by atoms with Crippen LogP contribution in [-0.4, -0.2) is 19.6 Å². The molecular formula is C17H27FN2. The van der Waals surface area contributed by atoms with Gasteiger partial charge in [0.1, 0.15) is 5.82 Å². The Kier molecular flexibility index (Phi) is 5.84. The smallest absolute Gasteiger partial charge is 0.146 e. The topological polar surface area (TPSA) is 15.3 Å². The lowest BCUT2D eigenvalue weighted by Gasteiger charge is -2.29. The largest absolute Gasteiger partial charge is 0.369 e. The molecule has 3 heteroatoms. The van der Waals surface area contributed by atoms with E-state index in [1.54, 1.807) is 6.07 Å². The van der Waals surface area contributed by atoms with Crippen molar-refractivity contribution in [2.24, 2.45) is 0 Å². The van der Waals surface area contributed by atoms with Crippen LogP contribution in [0.4, 0.5) is 10.1 Å². The van der Waals surface area contributed by atoms with E-state index in [4.69, 9.17) is 0 Å². The van der Waals surface area contributed by atoms with Gasteiger partial charge < -0.3 is 10.2 Å². The minimum absolute atomic E-state index is 0.0754. The third-order valence-electron chi connectivity index (χ3n) is 4.15. The van der Waals surface area contributed by atoms with Gasteiger partial charge in [-0.3, -0.25) is 0 Å². The normalized spacial score (nSPS) is 17.2. The monoisotopic (exact) mass is 278 g/mol. The highest BCUT2D eigenvalue weighted by atomic mass is 19.1. The summed E-state index contributed by atoms with van der Waals surface area (Å²) in [4.78, 5) is 2.18. The van der Waals surface area contributed by atoms with E-state index < -0.39 is 0 Å². The van der Waals surface area contributed by atoms with E-state index in [0.717, 1.165) is 30.9 Å². The molecule has 2 nitrogen and oxygen atoms in total. The van der Waals surface area contributed by atoms with Gasteiger partial charge in [0, 0.05) is 19.1 Å². The second-order valence-corrected chi connectivity index (χ2v) is 5.79. The Bertz CT molecular complexity index is 413. The number of hydrogen-bond donors (Lipinski definition) is 1.